The Kier molecular flexibility index (Phi) is 8.66. The average Bonchev–Trinajstić information content (AvgIpc) is 2.90. The summed E-state index contributed by atoms with van der Waals surface area (Å²) in [6.07, 6.45) is 6.63. The van der Waals surface area contributed by atoms with Crippen LogP contribution in [0.1, 0.15) is 16.7 Å². The molecule has 0 unspecified atom stereocenters. The number of benzene rings is 3. The second-order valence-electron chi connectivity index (χ2n) is 7.42. The molecule has 0 atom stereocenters. The normalized spacial score (nSPS) is 10.9. The molecule has 0 fully saturated rings. The van der Waals surface area contributed by atoms with E-state index in [1.54, 1.807) is 51.7 Å². The fourth-order valence-electron chi connectivity index (χ4n) is 3.35. The van der Waals surface area contributed by atoms with Crippen molar-refractivity contribution in [1.29, 1.82) is 0 Å². The summed E-state index contributed by atoms with van der Waals surface area (Å²) in [7, 11) is 6.18. The van der Waals surface area contributed by atoms with Gasteiger partial charge >= 0.3 is 0 Å². The van der Waals surface area contributed by atoms with Crippen molar-refractivity contribution in [3.63, 3.8) is 0 Å². The van der Waals surface area contributed by atoms with E-state index in [-0.39, 0.29) is 11.6 Å². The Bertz CT molecular complexity index is 1270. The smallest absolute Gasteiger partial charge is 0.269 e. The van der Waals surface area contributed by atoms with Gasteiger partial charge in [0.05, 0.1) is 39.0 Å². The first kappa shape index (κ1) is 25.8. The van der Waals surface area contributed by atoms with Crippen molar-refractivity contribution in [2.75, 3.05) is 33.8 Å². The highest BCUT2D eigenvalue weighted by atomic mass is 16.6. The second-order valence-corrected chi connectivity index (χ2v) is 7.42. The van der Waals surface area contributed by atoms with Crippen molar-refractivity contribution < 1.29 is 28.7 Å². The topological polar surface area (TPSA) is 109 Å². The minimum atomic E-state index is -0.476. The molecule has 36 heavy (non-hydrogen) atoms. The lowest BCUT2D eigenvalue weighted by molar-refractivity contribution is -0.384. The number of hydrogen-bond acceptors (Lipinski definition) is 7. The van der Waals surface area contributed by atoms with Gasteiger partial charge in [-0.2, -0.15) is 0 Å². The maximum absolute atomic E-state index is 12.6. The molecule has 0 aromatic heterocycles. The average molecular weight is 491 g/mol. The molecular weight excluding hydrogens is 464 g/mol. The molecule has 0 aliphatic heterocycles. The first-order chi connectivity index (χ1) is 17.4. The number of anilines is 1. The number of carbonyl (C=O) groups is 1. The number of nitro groups is 1. The van der Waals surface area contributed by atoms with Gasteiger partial charge in [-0.15, -0.1) is 0 Å². The molecule has 1 N–H and O–H groups in total. The highest BCUT2D eigenvalue weighted by Gasteiger charge is 2.12. The van der Waals surface area contributed by atoms with E-state index in [9.17, 15) is 14.9 Å². The zero-order valence-corrected chi connectivity index (χ0v) is 20.3. The van der Waals surface area contributed by atoms with Crippen LogP contribution in [0.4, 0.5) is 11.4 Å². The summed E-state index contributed by atoms with van der Waals surface area (Å²) in [5.74, 6) is 1.75. The standard InChI is InChI=1S/C27H26N2O7/c1-33-22-13-10-20(9-5-19-15-24(34-2)27(36-4)25(16-19)35-3)23(17-22)28-26(30)14-8-18-6-11-21(12-7-18)29(31)32/h5-17H,1-4H3,(H,28,30)/b9-5+,14-8+. The zero-order valence-electron chi connectivity index (χ0n) is 20.3. The Morgan fingerprint density at radius 3 is 2.03 bits per heavy atom. The van der Waals surface area contributed by atoms with Crippen molar-refractivity contribution in [2.45, 2.75) is 0 Å². The molecule has 0 heterocycles. The summed E-state index contributed by atoms with van der Waals surface area (Å²) >= 11 is 0. The Balaban J connectivity index is 1.84. The van der Waals surface area contributed by atoms with Crippen LogP contribution in [0.25, 0.3) is 18.2 Å². The maximum Gasteiger partial charge on any atom is 0.269 e. The van der Waals surface area contributed by atoms with Crippen LogP contribution in [0, 0.1) is 10.1 Å². The van der Waals surface area contributed by atoms with Gasteiger partial charge in [0.1, 0.15) is 5.75 Å². The van der Waals surface area contributed by atoms with E-state index >= 15 is 0 Å². The van der Waals surface area contributed by atoms with E-state index in [1.807, 2.05) is 30.4 Å². The van der Waals surface area contributed by atoms with Crippen LogP contribution < -0.4 is 24.3 Å². The van der Waals surface area contributed by atoms with Gasteiger partial charge in [0.2, 0.25) is 11.7 Å². The van der Waals surface area contributed by atoms with Crippen molar-refractivity contribution in [3.8, 4) is 23.0 Å². The fraction of sp³-hybridized carbons (Fsp3) is 0.148. The predicted octanol–water partition coefficient (Wildman–Crippen LogP) is 5.45. The minimum Gasteiger partial charge on any atom is -0.497 e. The molecule has 3 aromatic carbocycles. The Morgan fingerprint density at radius 2 is 1.47 bits per heavy atom. The highest BCUT2D eigenvalue weighted by molar-refractivity contribution is 6.03. The van der Waals surface area contributed by atoms with Gasteiger partial charge in [-0.3, -0.25) is 14.9 Å². The third kappa shape index (κ3) is 6.41. The third-order valence-electron chi connectivity index (χ3n) is 5.19. The Morgan fingerprint density at radius 1 is 0.806 bits per heavy atom. The molecule has 3 rings (SSSR count). The molecule has 0 aliphatic rings. The first-order valence-electron chi connectivity index (χ1n) is 10.8. The molecule has 3 aromatic rings. The molecule has 1 amide bonds. The maximum atomic E-state index is 12.6. The number of ether oxygens (including phenoxy) is 4. The van der Waals surface area contributed by atoms with E-state index in [0.29, 0.717) is 34.2 Å². The molecule has 0 saturated carbocycles. The third-order valence-corrected chi connectivity index (χ3v) is 5.19. The van der Waals surface area contributed by atoms with Crippen LogP contribution in [0.15, 0.2) is 60.7 Å². The summed E-state index contributed by atoms with van der Waals surface area (Å²) < 4.78 is 21.5. The number of carbonyl (C=O) groups excluding carboxylic acids is 1. The van der Waals surface area contributed by atoms with Crippen molar-refractivity contribution in [3.05, 3.63) is 87.5 Å². The van der Waals surface area contributed by atoms with Gasteiger partial charge in [0.25, 0.3) is 5.69 Å². The van der Waals surface area contributed by atoms with E-state index in [2.05, 4.69) is 5.32 Å². The number of rotatable bonds is 10. The molecule has 0 spiro atoms. The van der Waals surface area contributed by atoms with Gasteiger partial charge in [-0.1, -0.05) is 12.2 Å². The summed E-state index contributed by atoms with van der Waals surface area (Å²) in [6.45, 7) is 0. The predicted molar refractivity (Wildman–Crippen MR) is 139 cm³/mol. The SMILES string of the molecule is COc1ccc(/C=C/c2cc(OC)c(OC)c(OC)c2)c(NC(=O)/C=C/c2ccc([N+](=O)[O-])cc2)c1. The summed E-state index contributed by atoms with van der Waals surface area (Å²) in [5, 5.41) is 13.6. The summed E-state index contributed by atoms with van der Waals surface area (Å²) in [4.78, 5) is 22.9. The van der Waals surface area contributed by atoms with E-state index in [4.69, 9.17) is 18.9 Å². The van der Waals surface area contributed by atoms with Crippen molar-refractivity contribution in [1.82, 2.24) is 0 Å². The first-order valence-corrected chi connectivity index (χ1v) is 10.8. The number of amides is 1. The number of nitrogens with zero attached hydrogens (tertiary/aromatic N) is 1. The zero-order chi connectivity index (χ0) is 26.1. The van der Waals surface area contributed by atoms with Crippen LogP contribution in [0.2, 0.25) is 0 Å². The highest BCUT2D eigenvalue weighted by Crippen LogP contribution is 2.38. The molecule has 9 nitrogen and oxygen atoms in total. The van der Waals surface area contributed by atoms with Gasteiger partial charge in [-0.25, -0.2) is 0 Å². The molecule has 0 saturated heterocycles. The number of hydrogen-bond donors (Lipinski definition) is 1. The molecule has 9 heteroatoms. The molecule has 0 radical (unpaired) electrons. The van der Waals surface area contributed by atoms with E-state index in [1.165, 1.54) is 25.3 Å². The van der Waals surface area contributed by atoms with Crippen LogP contribution in [-0.2, 0) is 4.79 Å². The largest absolute Gasteiger partial charge is 0.497 e. The number of methoxy groups -OCH3 is 4. The van der Waals surface area contributed by atoms with Crippen molar-refractivity contribution >= 4 is 35.5 Å². The van der Waals surface area contributed by atoms with Crippen LogP contribution in [0.5, 0.6) is 23.0 Å². The Labute approximate surface area is 208 Å². The molecule has 186 valence electrons. The molecule has 0 aliphatic carbocycles. The minimum absolute atomic E-state index is 0.0171. The van der Waals surface area contributed by atoms with Crippen LogP contribution in [-0.4, -0.2) is 39.3 Å². The quantitative estimate of drug-likeness (QED) is 0.174. The van der Waals surface area contributed by atoms with Crippen LogP contribution in [0.3, 0.4) is 0 Å². The van der Waals surface area contributed by atoms with Gasteiger partial charge in [0.15, 0.2) is 11.5 Å². The molecule has 0 bridgehead atoms. The fourth-order valence-corrected chi connectivity index (χ4v) is 3.35. The lowest BCUT2D eigenvalue weighted by Gasteiger charge is -2.13. The monoisotopic (exact) mass is 490 g/mol. The van der Waals surface area contributed by atoms with Crippen molar-refractivity contribution in [2.24, 2.45) is 0 Å². The number of nitrogens with one attached hydrogen (secondary N) is 1. The van der Waals surface area contributed by atoms with Gasteiger partial charge < -0.3 is 24.3 Å². The Hall–Kier alpha value is -4.79. The number of non-ortho nitro benzene ring substituents is 1. The lowest BCUT2D eigenvalue weighted by Crippen LogP contribution is -2.09. The summed E-state index contributed by atoms with van der Waals surface area (Å²) in [5.41, 5.74) is 2.72. The second kappa shape index (κ2) is 12.1. The van der Waals surface area contributed by atoms with Gasteiger partial charge in [-0.05, 0) is 59.2 Å². The number of nitro benzene ring substituents is 1. The van der Waals surface area contributed by atoms with E-state index < -0.39 is 4.92 Å². The molecular formula is C27H26N2O7. The lowest BCUT2D eigenvalue weighted by atomic mass is 10.1. The van der Waals surface area contributed by atoms with Gasteiger partial charge in [0, 0.05) is 24.3 Å². The van der Waals surface area contributed by atoms with Crippen LogP contribution >= 0.6 is 0 Å². The summed E-state index contributed by atoms with van der Waals surface area (Å²) in [6, 6.07) is 14.8. The van der Waals surface area contributed by atoms with E-state index in [0.717, 1.165) is 11.1 Å².